The van der Waals surface area contributed by atoms with Crippen LogP contribution in [0.5, 0.6) is 0 Å². The Morgan fingerprint density at radius 3 is 2.89 bits per heavy atom. The van der Waals surface area contributed by atoms with Crippen LogP contribution >= 0.6 is 11.6 Å². The van der Waals surface area contributed by atoms with E-state index < -0.39 is 0 Å². The lowest BCUT2D eigenvalue weighted by molar-refractivity contribution is -0.129. The first kappa shape index (κ1) is 12.9. The third-order valence-electron chi connectivity index (χ3n) is 2.93. The van der Waals surface area contributed by atoms with Gasteiger partial charge in [0, 0.05) is 26.1 Å². The summed E-state index contributed by atoms with van der Waals surface area (Å²) in [6, 6.07) is 0. The van der Waals surface area contributed by atoms with Gasteiger partial charge in [-0.3, -0.25) is 4.79 Å². The number of aromatic nitrogens is 2. The van der Waals surface area contributed by atoms with E-state index in [2.05, 4.69) is 15.3 Å². The summed E-state index contributed by atoms with van der Waals surface area (Å²) >= 11 is 5.77. The lowest BCUT2D eigenvalue weighted by atomic mass is 10.3. The molecule has 0 unspecified atom stereocenters. The highest BCUT2D eigenvalue weighted by molar-refractivity contribution is 6.32. The van der Waals surface area contributed by atoms with Gasteiger partial charge in [0.05, 0.1) is 0 Å². The number of anilines is 2. The van der Waals surface area contributed by atoms with Crippen LogP contribution < -0.4 is 11.1 Å². The SMILES string of the molecule is Nc1c(Cl)ncnc1NCCC(=O)N1CCCC1. The summed E-state index contributed by atoms with van der Waals surface area (Å²) in [7, 11) is 0. The van der Waals surface area contributed by atoms with E-state index in [-0.39, 0.29) is 11.1 Å². The Hall–Kier alpha value is -1.56. The predicted molar refractivity (Wildman–Crippen MR) is 70.4 cm³/mol. The molecule has 0 spiro atoms. The molecule has 18 heavy (non-hydrogen) atoms. The number of nitrogen functional groups attached to an aromatic ring is 1. The summed E-state index contributed by atoms with van der Waals surface area (Å²) in [5.74, 6) is 0.642. The van der Waals surface area contributed by atoms with Crippen LogP contribution in [-0.4, -0.2) is 40.4 Å². The minimum absolute atomic E-state index is 0.165. The molecule has 0 radical (unpaired) electrons. The highest BCUT2D eigenvalue weighted by Crippen LogP contribution is 2.21. The van der Waals surface area contributed by atoms with Crippen molar-refractivity contribution in [3.8, 4) is 0 Å². The molecule has 2 heterocycles. The van der Waals surface area contributed by atoms with Crippen molar-refractivity contribution in [2.75, 3.05) is 30.7 Å². The number of carbonyl (C=O) groups excluding carboxylic acids is 1. The van der Waals surface area contributed by atoms with E-state index >= 15 is 0 Å². The Balaban J connectivity index is 1.81. The van der Waals surface area contributed by atoms with Crippen molar-refractivity contribution in [2.45, 2.75) is 19.3 Å². The van der Waals surface area contributed by atoms with Crippen molar-refractivity contribution in [1.29, 1.82) is 0 Å². The Morgan fingerprint density at radius 2 is 2.17 bits per heavy atom. The second kappa shape index (κ2) is 5.86. The van der Waals surface area contributed by atoms with Crippen LogP contribution in [0.4, 0.5) is 11.5 Å². The monoisotopic (exact) mass is 269 g/mol. The largest absolute Gasteiger partial charge is 0.393 e. The first-order valence-corrected chi connectivity index (χ1v) is 6.34. The van der Waals surface area contributed by atoms with Gasteiger partial charge in [0.1, 0.15) is 12.0 Å². The molecule has 7 heteroatoms. The van der Waals surface area contributed by atoms with E-state index in [1.807, 2.05) is 4.90 Å². The van der Waals surface area contributed by atoms with Crippen molar-refractivity contribution in [1.82, 2.24) is 14.9 Å². The molecule has 0 saturated carbocycles. The zero-order chi connectivity index (χ0) is 13.0. The molecule has 0 aromatic carbocycles. The third kappa shape index (κ3) is 3.01. The summed E-state index contributed by atoms with van der Waals surface area (Å²) in [5, 5.41) is 3.22. The van der Waals surface area contributed by atoms with Crippen LogP contribution in [0.1, 0.15) is 19.3 Å². The minimum atomic E-state index is 0.165. The maximum absolute atomic E-state index is 11.8. The number of nitrogens with two attached hydrogens (primary N) is 1. The zero-order valence-electron chi connectivity index (χ0n) is 10.0. The molecule has 1 aromatic heterocycles. The first-order valence-electron chi connectivity index (χ1n) is 5.96. The van der Waals surface area contributed by atoms with Crippen LogP contribution in [0.2, 0.25) is 5.15 Å². The molecule has 1 amide bonds. The smallest absolute Gasteiger partial charge is 0.224 e. The number of amides is 1. The molecular formula is C11H16ClN5O. The lowest BCUT2D eigenvalue weighted by Crippen LogP contribution is -2.29. The summed E-state index contributed by atoms with van der Waals surface area (Å²) in [4.78, 5) is 21.4. The average molecular weight is 270 g/mol. The van der Waals surface area contributed by atoms with E-state index in [4.69, 9.17) is 17.3 Å². The molecule has 1 aromatic rings. The number of nitrogens with one attached hydrogen (secondary N) is 1. The maximum atomic E-state index is 11.8. The number of hydrogen-bond donors (Lipinski definition) is 2. The van der Waals surface area contributed by atoms with Crippen molar-refractivity contribution in [3.63, 3.8) is 0 Å². The number of nitrogens with zero attached hydrogens (tertiary/aromatic N) is 3. The standard InChI is InChI=1S/C11H16ClN5O/c12-10-9(13)11(16-7-15-10)14-4-3-8(18)17-5-1-2-6-17/h7H,1-6,13H2,(H,14,15,16). The molecule has 2 rings (SSSR count). The molecule has 0 atom stereocenters. The molecule has 0 aliphatic carbocycles. The van der Waals surface area contributed by atoms with Gasteiger partial charge in [0.15, 0.2) is 11.0 Å². The van der Waals surface area contributed by atoms with Crippen LogP contribution in [0, 0.1) is 0 Å². The van der Waals surface area contributed by atoms with Crippen LogP contribution in [0.25, 0.3) is 0 Å². The van der Waals surface area contributed by atoms with E-state index in [9.17, 15) is 4.79 Å². The molecule has 6 nitrogen and oxygen atoms in total. The van der Waals surface area contributed by atoms with E-state index in [1.54, 1.807) is 0 Å². The number of rotatable bonds is 4. The highest BCUT2D eigenvalue weighted by atomic mass is 35.5. The first-order chi connectivity index (χ1) is 8.68. The highest BCUT2D eigenvalue weighted by Gasteiger charge is 2.17. The summed E-state index contributed by atoms with van der Waals surface area (Å²) < 4.78 is 0. The summed E-state index contributed by atoms with van der Waals surface area (Å²) in [5.41, 5.74) is 6.02. The molecule has 1 aliphatic heterocycles. The van der Waals surface area contributed by atoms with Crippen LogP contribution in [0.15, 0.2) is 6.33 Å². The van der Waals surface area contributed by atoms with Crippen LogP contribution in [-0.2, 0) is 4.79 Å². The van der Waals surface area contributed by atoms with E-state index in [1.165, 1.54) is 6.33 Å². The fourth-order valence-corrected chi connectivity index (χ4v) is 2.06. The normalized spacial score (nSPS) is 14.8. The number of carbonyl (C=O) groups is 1. The van der Waals surface area contributed by atoms with Gasteiger partial charge in [-0.1, -0.05) is 11.6 Å². The predicted octanol–water partition coefficient (Wildman–Crippen LogP) is 1.14. The maximum Gasteiger partial charge on any atom is 0.224 e. The van der Waals surface area contributed by atoms with Gasteiger partial charge in [-0.05, 0) is 12.8 Å². The zero-order valence-corrected chi connectivity index (χ0v) is 10.8. The molecule has 1 saturated heterocycles. The Morgan fingerprint density at radius 1 is 1.44 bits per heavy atom. The second-order valence-electron chi connectivity index (χ2n) is 4.19. The molecule has 0 bridgehead atoms. The average Bonchev–Trinajstić information content (AvgIpc) is 2.88. The van der Waals surface area contributed by atoms with Gasteiger partial charge in [0.2, 0.25) is 5.91 Å². The van der Waals surface area contributed by atoms with E-state index in [0.29, 0.717) is 24.5 Å². The van der Waals surface area contributed by atoms with Gasteiger partial charge in [-0.25, -0.2) is 9.97 Å². The third-order valence-corrected chi connectivity index (χ3v) is 3.23. The summed E-state index contributed by atoms with van der Waals surface area (Å²) in [6.07, 6.45) is 3.98. The molecule has 1 aliphatic rings. The minimum Gasteiger partial charge on any atom is -0.393 e. The topological polar surface area (TPSA) is 84.1 Å². The van der Waals surface area contributed by atoms with Gasteiger partial charge in [-0.2, -0.15) is 0 Å². The number of likely N-dealkylation sites (tertiary alicyclic amines) is 1. The van der Waals surface area contributed by atoms with E-state index in [0.717, 1.165) is 25.9 Å². The summed E-state index contributed by atoms with van der Waals surface area (Å²) in [6.45, 7) is 2.24. The Kier molecular flexibility index (Phi) is 4.19. The second-order valence-corrected chi connectivity index (χ2v) is 4.55. The van der Waals surface area contributed by atoms with Gasteiger partial charge < -0.3 is 16.0 Å². The fraction of sp³-hybridized carbons (Fsp3) is 0.545. The Labute approximate surface area is 111 Å². The molecule has 98 valence electrons. The Bertz CT molecular complexity index is 433. The van der Waals surface area contributed by atoms with Gasteiger partial charge in [0.25, 0.3) is 0 Å². The number of halogens is 1. The van der Waals surface area contributed by atoms with Crippen molar-refractivity contribution in [2.24, 2.45) is 0 Å². The lowest BCUT2D eigenvalue weighted by Gasteiger charge is -2.15. The van der Waals surface area contributed by atoms with Gasteiger partial charge in [-0.15, -0.1) is 0 Å². The van der Waals surface area contributed by atoms with Crippen LogP contribution in [0.3, 0.4) is 0 Å². The van der Waals surface area contributed by atoms with Crippen molar-refractivity contribution < 1.29 is 4.79 Å². The fourth-order valence-electron chi connectivity index (χ4n) is 1.93. The number of hydrogen-bond acceptors (Lipinski definition) is 5. The van der Waals surface area contributed by atoms with Crippen molar-refractivity contribution >= 4 is 29.0 Å². The molecule has 1 fully saturated rings. The van der Waals surface area contributed by atoms with Crippen molar-refractivity contribution in [3.05, 3.63) is 11.5 Å². The quantitative estimate of drug-likeness (QED) is 0.801. The van der Waals surface area contributed by atoms with Gasteiger partial charge >= 0.3 is 0 Å². The molecule has 3 N–H and O–H groups in total. The molecular weight excluding hydrogens is 254 g/mol.